The van der Waals surface area contributed by atoms with Crippen molar-refractivity contribution in [2.45, 2.75) is 25.0 Å². The van der Waals surface area contributed by atoms with Crippen LogP contribution in [0.25, 0.3) is 0 Å². The average molecular weight is 131 g/mol. The molecule has 9 heavy (non-hydrogen) atoms. The van der Waals surface area contributed by atoms with Crippen LogP contribution >= 0.6 is 0 Å². The van der Waals surface area contributed by atoms with E-state index in [0.29, 0.717) is 6.42 Å². The first-order chi connectivity index (χ1) is 4.24. The van der Waals surface area contributed by atoms with E-state index in [9.17, 15) is 0 Å². The Bertz CT molecular complexity index is 87.1. The van der Waals surface area contributed by atoms with Gasteiger partial charge in [-0.25, -0.2) is 0 Å². The van der Waals surface area contributed by atoms with E-state index < -0.39 is 0 Å². The lowest BCUT2D eigenvalue weighted by atomic mass is 10.1. The van der Waals surface area contributed by atoms with Crippen molar-refractivity contribution in [1.82, 2.24) is 0 Å². The zero-order valence-electron chi connectivity index (χ0n) is 5.33. The van der Waals surface area contributed by atoms with E-state index in [4.69, 9.17) is 15.9 Å². The van der Waals surface area contributed by atoms with E-state index in [1.165, 1.54) is 0 Å². The molecule has 3 nitrogen and oxygen atoms in total. The average Bonchev–Trinajstić information content (AvgIpc) is 2.13. The summed E-state index contributed by atoms with van der Waals surface area (Å²) in [6.07, 6.45) is 1.04. The summed E-state index contributed by atoms with van der Waals surface area (Å²) in [5, 5.41) is 17.7. The van der Waals surface area contributed by atoms with Crippen molar-refractivity contribution >= 4 is 0 Å². The predicted octanol–water partition coefficient (Wildman–Crippen LogP) is -0.923. The third-order valence-corrected chi connectivity index (χ3v) is 1.93. The standard InChI is InChI=1S/C6H13NO2/c7-5-1-4(3-8)2-6(5)9/h4-6,8-9H,1-3,7H2/t4-,5+,6+/m1/s1. The first-order valence-corrected chi connectivity index (χ1v) is 3.28. The van der Waals surface area contributed by atoms with Crippen LogP contribution in [0.1, 0.15) is 12.8 Å². The fourth-order valence-electron chi connectivity index (χ4n) is 1.30. The summed E-state index contributed by atoms with van der Waals surface area (Å²) in [6.45, 7) is 0.158. The lowest BCUT2D eigenvalue weighted by molar-refractivity contribution is 0.153. The van der Waals surface area contributed by atoms with Gasteiger partial charge in [0, 0.05) is 12.6 Å². The molecule has 0 heterocycles. The summed E-state index contributed by atoms with van der Waals surface area (Å²) in [6, 6.07) is -0.109. The number of nitrogens with two attached hydrogens (primary N) is 1. The molecule has 1 rings (SSSR count). The molecule has 0 amide bonds. The van der Waals surface area contributed by atoms with Gasteiger partial charge in [-0.1, -0.05) is 0 Å². The van der Waals surface area contributed by atoms with E-state index in [2.05, 4.69) is 0 Å². The Hall–Kier alpha value is -0.120. The van der Waals surface area contributed by atoms with E-state index in [0.717, 1.165) is 6.42 Å². The summed E-state index contributed by atoms with van der Waals surface area (Å²) < 4.78 is 0. The van der Waals surface area contributed by atoms with Crippen LogP contribution < -0.4 is 5.73 Å². The minimum absolute atomic E-state index is 0.109. The molecule has 3 atom stereocenters. The van der Waals surface area contributed by atoms with Crippen LogP contribution in [-0.4, -0.2) is 29.0 Å². The highest BCUT2D eigenvalue weighted by Crippen LogP contribution is 2.23. The van der Waals surface area contributed by atoms with Crippen molar-refractivity contribution in [1.29, 1.82) is 0 Å². The Labute approximate surface area is 54.5 Å². The van der Waals surface area contributed by atoms with E-state index in [1.54, 1.807) is 0 Å². The highest BCUT2D eigenvalue weighted by atomic mass is 16.3. The van der Waals surface area contributed by atoms with Gasteiger partial charge in [0.1, 0.15) is 0 Å². The van der Waals surface area contributed by atoms with Gasteiger partial charge in [0.25, 0.3) is 0 Å². The van der Waals surface area contributed by atoms with Crippen molar-refractivity contribution in [2.75, 3.05) is 6.61 Å². The maximum Gasteiger partial charge on any atom is 0.0694 e. The van der Waals surface area contributed by atoms with Crippen LogP contribution in [0.3, 0.4) is 0 Å². The maximum absolute atomic E-state index is 9.06. The van der Waals surface area contributed by atoms with Gasteiger partial charge in [-0.3, -0.25) is 0 Å². The fraction of sp³-hybridized carbons (Fsp3) is 1.00. The molecule has 1 aliphatic rings. The Balaban J connectivity index is 2.35. The molecule has 0 spiro atoms. The van der Waals surface area contributed by atoms with Crippen molar-refractivity contribution in [3.05, 3.63) is 0 Å². The lowest BCUT2D eigenvalue weighted by Gasteiger charge is -2.04. The van der Waals surface area contributed by atoms with Gasteiger partial charge in [-0.05, 0) is 18.8 Å². The van der Waals surface area contributed by atoms with E-state index >= 15 is 0 Å². The molecule has 0 radical (unpaired) electrons. The zero-order chi connectivity index (χ0) is 6.85. The summed E-state index contributed by atoms with van der Waals surface area (Å²) >= 11 is 0. The summed E-state index contributed by atoms with van der Waals surface area (Å²) in [7, 11) is 0. The fourth-order valence-corrected chi connectivity index (χ4v) is 1.30. The van der Waals surface area contributed by atoms with E-state index in [1.807, 2.05) is 0 Å². The first-order valence-electron chi connectivity index (χ1n) is 3.28. The SMILES string of the molecule is N[C@H]1C[C@@H](CO)C[C@@H]1O. The second kappa shape index (κ2) is 2.64. The number of hydrogen-bond donors (Lipinski definition) is 3. The van der Waals surface area contributed by atoms with Crippen molar-refractivity contribution in [2.24, 2.45) is 11.7 Å². The zero-order valence-corrected chi connectivity index (χ0v) is 5.33. The van der Waals surface area contributed by atoms with Crippen molar-refractivity contribution in [3.63, 3.8) is 0 Å². The maximum atomic E-state index is 9.06. The molecule has 0 aliphatic heterocycles. The van der Waals surface area contributed by atoms with Crippen LogP contribution in [0, 0.1) is 5.92 Å². The van der Waals surface area contributed by atoms with Crippen LogP contribution in [0.5, 0.6) is 0 Å². The highest BCUT2D eigenvalue weighted by Gasteiger charge is 2.29. The molecule has 1 aliphatic carbocycles. The second-order valence-corrected chi connectivity index (χ2v) is 2.75. The Morgan fingerprint density at radius 3 is 2.33 bits per heavy atom. The van der Waals surface area contributed by atoms with E-state index in [-0.39, 0.29) is 24.7 Å². The topological polar surface area (TPSA) is 66.5 Å². The van der Waals surface area contributed by atoms with Crippen molar-refractivity contribution in [3.8, 4) is 0 Å². The molecule has 0 unspecified atom stereocenters. The molecule has 54 valence electrons. The molecule has 0 aromatic heterocycles. The number of aliphatic hydroxyl groups is 2. The molecule has 0 saturated heterocycles. The van der Waals surface area contributed by atoms with Crippen molar-refractivity contribution < 1.29 is 10.2 Å². The monoisotopic (exact) mass is 131 g/mol. The molecule has 4 N–H and O–H groups in total. The quantitative estimate of drug-likeness (QED) is 0.431. The second-order valence-electron chi connectivity index (χ2n) is 2.75. The number of hydrogen-bond acceptors (Lipinski definition) is 3. The number of rotatable bonds is 1. The van der Waals surface area contributed by atoms with Crippen LogP contribution in [-0.2, 0) is 0 Å². The first kappa shape index (κ1) is 6.99. The van der Waals surface area contributed by atoms with Gasteiger partial charge < -0.3 is 15.9 Å². The van der Waals surface area contributed by atoms with Crippen LogP contribution in [0.4, 0.5) is 0 Å². The Morgan fingerprint density at radius 1 is 1.44 bits per heavy atom. The minimum Gasteiger partial charge on any atom is -0.396 e. The molecule has 0 aromatic rings. The smallest absolute Gasteiger partial charge is 0.0694 e. The Kier molecular flexibility index (Phi) is 2.05. The summed E-state index contributed by atoms with van der Waals surface area (Å²) in [4.78, 5) is 0. The largest absolute Gasteiger partial charge is 0.396 e. The molecule has 3 heteroatoms. The molecule has 0 aromatic carbocycles. The van der Waals surface area contributed by atoms with Gasteiger partial charge in [-0.2, -0.15) is 0 Å². The van der Waals surface area contributed by atoms with Gasteiger partial charge in [0.2, 0.25) is 0 Å². The van der Waals surface area contributed by atoms with Gasteiger partial charge in [-0.15, -0.1) is 0 Å². The minimum atomic E-state index is -0.387. The third kappa shape index (κ3) is 1.41. The lowest BCUT2D eigenvalue weighted by Crippen LogP contribution is -2.28. The molecule has 0 bridgehead atoms. The normalized spacial score (nSPS) is 43.7. The molecule has 1 fully saturated rings. The summed E-state index contributed by atoms with van der Waals surface area (Å²) in [5.74, 6) is 0.231. The van der Waals surface area contributed by atoms with Gasteiger partial charge in [0.15, 0.2) is 0 Å². The third-order valence-electron chi connectivity index (χ3n) is 1.93. The summed E-state index contributed by atoms with van der Waals surface area (Å²) in [5.41, 5.74) is 5.48. The Morgan fingerprint density at radius 2 is 2.11 bits per heavy atom. The van der Waals surface area contributed by atoms with Crippen LogP contribution in [0.2, 0.25) is 0 Å². The molecule has 1 saturated carbocycles. The highest BCUT2D eigenvalue weighted by molar-refractivity contribution is 4.85. The predicted molar refractivity (Wildman–Crippen MR) is 33.8 cm³/mol. The van der Waals surface area contributed by atoms with Gasteiger partial charge >= 0.3 is 0 Å². The number of aliphatic hydroxyl groups excluding tert-OH is 2. The molecular formula is C6H13NO2. The molecular weight excluding hydrogens is 118 g/mol. The van der Waals surface area contributed by atoms with Crippen LogP contribution in [0.15, 0.2) is 0 Å². The van der Waals surface area contributed by atoms with Gasteiger partial charge in [0.05, 0.1) is 6.10 Å².